The van der Waals surface area contributed by atoms with Gasteiger partial charge in [-0.2, -0.15) is 0 Å². The van der Waals surface area contributed by atoms with Crippen LogP contribution in [0, 0.1) is 0 Å². The fourth-order valence-electron chi connectivity index (χ4n) is 4.45. The van der Waals surface area contributed by atoms with Gasteiger partial charge in [0.2, 0.25) is 0 Å². The third-order valence-electron chi connectivity index (χ3n) is 5.83. The van der Waals surface area contributed by atoms with E-state index in [0.29, 0.717) is 17.4 Å². The van der Waals surface area contributed by atoms with E-state index in [1.165, 1.54) is 30.7 Å². The minimum Gasteiger partial charge on any atom is -0.322 e. The van der Waals surface area contributed by atoms with Crippen LogP contribution in [0.4, 0.5) is 5.69 Å². The van der Waals surface area contributed by atoms with Crippen molar-refractivity contribution in [3.05, 3.63) is 65.0 Å². The van der Waals surface area contributed by atoms with E-state index in [1.807, 2.05) is 42.5 Å². The van der Waals surface area contributed by atoms with E-state index in [4.69, 9.17) is 9.97 Å². The lowest BCUT2D eigenvalue weighted by atomic mass is 10.00. The van der Waals surface area contributed by atoms with E-state index in [2.05, 4.69) is 12.2 Å². The van der Waals surface area contributed by atoms with Crippen LogP contribution in [0.25, 0.3) is 11.0 Å². The fraction of sp³-hybridized carbons (Fsp3) is 0.318. The molecular formula is C22H21N3O. The second kappa shape index (κ2) is 5.90. The first-order chi connectivity index (χ1) is 12.7. The van der Waals surface area contributed by atoms with Gasteiger partial charge in [-0.1, -0.05) is 25.1 Å². The topological polar surface area (TPSA) is 54.9 Å². The van der Waals surface area contributed by atoms with Gasteiger partial charge in [0, 0.05) is 23.1 Å². The molecule has 1 amide bonds. The number of aryl methyl sites for hydroxylation is 1. The number of para-hydroxylation sites is 1. The van der Waals surface area contributed by atoms with Crippen molar-refractivity contribution >= 4 is 22.6 Å². The Morgan fingerprint density at radius 3 is 2.54 bits per heavy atom. The Morgan fingerprint density at radius 1 is 1.04 bits per heavy atom. The summed E-state index contributed by atoms with van der Waals surface area (Å²) in [5, 5.41) is 3.03. The summed E-state index contributed by atoms with van der Waals surface area (Å²) in [6, 6.07) is 13.6. The number of carbonyl (C=O) groups excluding carboxylic acids is 1. The zero-order valence-electron chi connectivity index (χ0n) is 14.8. The van der Waals surface area contributed by atoms with Gasteiger partial charge in [0.15, 0.2) is 0 Å². The summed E-state index contributed by atoms with van der Waals surface area (Å²) in [5.74, 6) is 1.07. The number of aromatic nitrogens is 2. The molecule has 0 aliphatic heterocycles. The Balaban J connectivity index is 1.49. The largest absolute Gasteiger partial charge is 0.322 e. The van der Waals surface area contributed by atoms with Crippen LogP contribution in [0.5, 0.6) is 0 Å². The minimum atomic E-state index is -0.100. The number of hydrogen-bond acceptors (Lipinski definition) is 3. The molecular weight excluding hydrogens is 322 g/mol. The molecule has 2 aromatic carbocycles. The Hall–Kier alpha value is -2.75. The summed E-state index contributed by atoms with van der Waals surface area (Å²) in [4.78, 5) is 22.5. The third-order valence-corrected chi connectivity index (χ3v) is 5.83. The van der Waals surface area contributed by atoms with Crippen LogP contribution in [0.2, 0.25) is 0 Å². The Labute approximate surface area is 152 Å². The lowest BCUT2D eigenvalue weighted by Gasteiger charge is -2.14. The fourth-order valence-corrected chi connectivity index (χ4v) is 4.45. The lowest BCUT2D eigenvalue weighted by molar-refractivity contribution is 0.102. The van der Waals surface area contributed by atoms with E-state index in [1.54, 1.807) is 0 Å². The maximum absolute atomic E-state index is 12.7. The highest BCUT2D eigenvalue weighted by molar-refractivity contribution is 6.06. The van der Waals surface area contributed by atoms with Gasteiger partial charge in [-0.25, -0.2) is 9.97 Å². The van der Waals surface area contributed by atoms with Crippen molar-refractivity contribution in [2.45, 2.75) is 44.4 Å². The first kappa shape index (κ1) is 15.5. The van der Waals surface area contributed by atoms with E-state index < -0.39 is 0 Å². The molecule has 1 N–H and O–H groups in total. The van der Waals surface area contributed by atoms with Crippen LogP contribution in [0.15, 0.2) is 42.5 Å². The molecule has 5 rings (SSSR count). The van der Waals surface area contributed by atoms with E-state index >= 15 is 0 Å². The predicted octanol–water partition coefficient (Wildman–Crippen LogP) is 4.81. The highest BCUT2D eigenvalue weighted by atomic mass is 16.1. The number of hydrogen-bond donors (Lipinski definition) is 1. The molecule has 2 atom stereocenters. The third kappa shape index (κ3) is 2.40. The Bertz CT molecular complexity index is 1030. The molecule has 2 bridgehead atoms. The first-order valence-electron chi connectivity index (χ1n) is 9.43. The van der Waals surface area contributed by atoms with Crippen molar-refractivity contribution in [3.8, 4) is 0 Å². The molecule has 2 unspecified atom stereocenters. The van der Waals surface area contributed by atoms with E-state index in [-0.39, 0.29) is 5.91 Å². The standard InChI is InChI=1S/C22H21N3O/c1-2-13-5-3-4-6-17(13)25-22(26)16-9-10-18-19(12-16)24-21-15-8-7-14(11-15)20(21)23-18/h3-6,9-10,12,14-15H,2,7-8,11H2,1H3,(H,25,26). The van der Waals surface area contributed by atoms with Gasteiger partial charge in [-0.3, -0.25) is 4.79 Å². The first-order valence-corrected chi connectivity index (χ1v) is 9.43. The second-order valence-corrected chi connectivity index (χ2v) is 7.37. The van der Waals surface area contributed by atoms with Crippen LogP contribution in [-0.4, -0.2) is 15.9 Å². The molecule has 26 heavy (non-hydrogen) atoms. The summed E-state index contributed by atoms with van der Waals surface area (Å²) in [6.07, 6.45) is 4.56. The molecule has 1 fully saturated rings. The van der Waals surface area contributed by atoms with Crippen molar-refractivity contribution in [1.82, 2.24) is 9.97 Å². The predicted molar refractivity (Wildman–Crippen MR) is 103 cm³/mol. The Kier molecular flexibility index (Phi) is 3.52. The molecule has 1 saturated carbocycles. The number of benzene rings is 2. The van der Waals surface area contributed by atoms with E-state index in [0.717, 1.165) is 28.7 Å². The van der Waals surface area contributed by atoms with Crippen LogP contribution in [0.3, 0.4) is 0 Å². The lowest BCUT2D eigenvalue weighted by Crippen LogP contribution is -2.13. The van der Waals surface area contributed by atoms with Crippen molar-refractivity contribution < 1.29 is 4.79 Å². The van der Waals surface area contributed by atoms with Crippen LogP contribution in [-0.2, 0) is 6.42 Å². The normalized spacial score (nSPS) is 20.3. The number of carbonyl (C=O) groups is 1. The average Bonchev–Trinajstić information content (AvgIpc) is 3.28. The molecule has 0 radical (unpaired) electrons. The SMILES string of the molecule is CCc1ccccc1NC(=O)c1ccc2nc3c(nc2c1)C1CCC3C1. The summed E-state index contributed by atoms with van der Waals surface area (Å²) in [5.41, 5.74) is 6.72. The molecule has 4 nitrogen and oxygen atoms in total. The maximum atomic E-state index is 12.7. The number of amides is 1. The molecule has 2 aliphatic rings. The zero-order chi connectivity index (χ0) is 17.7. The van der Waals surface area contributed by atoms with Gasteiger partial charge in [0.1, 0.15) is 0 Å². The van der Waals surface area contributed by atoms with Crippen LogP contribution >= 0.6 is 0 Å². The highest BCUT2D eigenvalue weighted by Crippen LogP contribution is 2.51. The average molecular weight is 343 g/mol. The van der Waals surface area contributed by atoms with Crippen LogP contribution < -0.4 is 5.32 Å². The van der Waals surface area contributed by atoms with Crippen molar-refractivity contribution in [3.63, 3.8) is 0 Å². The second-order valence-electron chi connectivity index (χ2n) is 7.37. The molecule has 4 heteroatoms. The molecule has 0 saturated heterocycles. The molecule has 3 aromatic rings. The van der Waals surface area contributed by atoms with Crippen molar-refractivity contribution in [2.75, 3.05) is 5.32 Å². The Morgan fingerprint density at radius 2 is 1.77 bits per heavy atom. The van der Waals surface area contributed by atoms with Gasteiger partial charge >= 0.3 is 0 Å². The van der Waals surface area contributed by atoms with Gasteiger partial charge < -0.3 is 5.32 Å². The molecule has 1 aromatic heterocycles. The van der Waals surface area contributed by atoms with Gasteiger partial charge in [0.25, 0.3) is 5.91 Å². The summed E-state index contributed by atoms with van der Waals surface area (Å²) in [6.45, 7) is 2.09. The van der Waals surface area contributed by atoms with Gasteiger partial charge in [-0.05, 0) is 55.5 Å². The number of anilines is 1. The molecule has 130 valence electrons. The van der Waals surface area contributed by atoms with Crippen molar-refractivity contribution in [2.24, 2.45) is 0 Å². The minimum absolute atomic E-state index is 0.100. The van der Waals surface area contributed by atoms with Gasteiger partial charge in [-0.15, -0.1) is 0 Å². The highest BCUT2D eigenvalue weighted by Gasteiger charge is 2.39. The zero-order valence-corrected chi connectivity index (χ0v) is 14.8. The summed E-state index contributed by atoms with van der Waals surface area (Å²) >= 11 is 0. The molecule has 0 spiro atoms. The number of rotatable bonds is 3. The van der Waals surface area contributed by atoms with Gasteiger partial charge in [0.05, 0.1) is 22.4 Å². The number of nitrogens with zero attached hydrogens (tertiary/aromatic N) is 2. The smallest absolute Gasteiger partial charge is 0.255 e. The number of nitrogens with one attached hydrogen (secondary N) is 1. The summed E-state index contributed by atoms with van der Waals surface area (Å²) in [7, 11) is 0. The molecule has 1 heterocycles. The number of fused-ring (bicyclic) bond motifs is 6. The van der Waals surface area contributed by atoms with E-state index in [9.17, 15) is 4.79 Å². The van der Waals surface area contributed by atoms with Crippen LogP contribution in [0.1, 0.15) is 65.3 Å². The molecule has 2 aliphatic carbocycles. The van der Waals surface area contributed by atoms with Crippen molar-refractivity contribution in [1.29, 1.82) is 0 Å². The monoisotopic (exact) mass is 343 g/mol. The summed E-state index contributed by atoms with van der Waals surface area (Å²) < 4.78 is 0. The quantitative estimate of drug-likeness (QED) is 0.742. The maximum Gasteiger partial charge on any atom is 0.255 e.